The van der Waals surface area contributed by atoms with Crippen molar-refractivity contribution in [2.75, 3.05) is 0 Å². The van der Waals surface area contributed by atoms with E-state index in [1.165, 1.54) is 16.7 Å². The van der Waals surface area contributed by atoms with E-state index >= 15 is 0 Å². The van der Waals surface area contributed by atoms with Gasteiger partial charge in [0.1, 0.15) is 0 Å². The molecule has 0 spiro atoms. The average Bonchev–Trinajstić information content (AvgIpc) is 3.01. The Hall–Kier alpha value is -1.41. The molecule has 0 aliphatic heterocycles. The molecule has 4 aliphatic carbocycles. The van der Waals surface area contributed by atoms with Crippen LogP contribution in [0, 0.1) is 28.6 Å². The lowest BCUT2D eigenvalue weighted by atomic mass is 9.47. The lowest BCUT2D eigenvalue weighted by molar-refractivity contribution is -0.0238. The normalized spacial score (nSPS) is 47.8. The van der Waals surface area contributed by atoms with Crippen LogP contribution < -0.4 is 0 Å². The van der Waals surface area contributed by atoms with Crippen molar-refractivity contribution in [2.45, 2.75) is 64.9 Å². The molecule has 2 nitrogen and oxygen atoms in total. The third kappa shape index (κ3) is 2.24. The number of aliphatic hydroxyl groups excluding tert-OH is 1. The minimum absolute atomic E-state index is 0.0620. The summed E-state index contributed by atoms with van der Waals surface area (Å²) in [7, 11) is 0. The van der Waals surface area contributed by atoms with E-state index in [0.717, 1.165) is 44.9 Å². The summed E-state index contributed by atoms with van der Waals surface area (Å²) < 4.78 is 9.72. The van der Waals surface area contributed by atoms with Crippen molar-refractivity contribution < 1.29 is 6.48 Å². The predicted molar refractivity (Wildman–Crippen MR) is 105 cm³/mol. The zero-order chi connectivity index (χ0) is 18.9. The maximum atomic E-state index is 10.2. The van der Waals surface area contributed by atoms with Crippen LogP contribution in [0.2, 0.25) is 0 Å². The second-order valence-electron chi connectivity index (χ2n) is 9.44. The van der Waals surface area contributed by atoms with Gasteiger partial charge in [-0.05, 0) is 90.7 Å². The molecule has 2 heteroatoms. The molecule has 0 radical (unpaired) electrons. The highest BCUT2D eigenvalue weighted by Gasteiger charge is 2.56. The van der Waals surface area contributed by atoms with E-state index in [9.17, 15) is 6.48 Å². The fraction of sp³-hybridized carbons (Fsp3) is 0.625. The maximum Gasteiger partial charge on any atom is 0.0577 e. The summed E-state index contributed by atoms with van der Waals surface area (Å²) in [4.78, 5) is 4.35. The first kappa shape index (κ1) is 15.6. The quantitative estimate of drug-likeness (QED) is 0.688. The molecule has 5 rings (SSSR count). The predicted octanol–water partition coefficient (Wildman–Crippen LogP) is 5.40. The first-order chi connectivity index (χ1) is 12.9. The van der Waals surface area contributed by atoms with Crippen LogP contribution in [0.4, 0.5) is 0 Å². The van der Waals surface area contributed by atoms with Crippen LogP contribution in [-0.4, -0.2) is 16.2 Å². The highest BCUT2D eigenvalue weighted by atomic mass is 16.3. The van der Waals surface area contributed by atoms with Gasteiger partial charge >= 0.3 is 0 Å². The van der Waals surface area contributed by atoms with Crippen LogP contribution in [0.1, 0.15) is 65.7 Å². The minimum atomic E-state index is -0.389. The Labute approximate surface area is 158 Å². The summed E-state index contributed by atoms with van der Waals surface area (Å²) in [5.41, 5.74) is 4.19. The van der Waals surface area contributed by atoms with E-state index in [2.05, 4.69) is 37.0 Å². The summed E-state index contributed by atoms with van der Waals surface area (Å²) in [5.74, 6) is 0.561. The second kappa shape index (κ2) is 5.79. The van der Waals surface area contributed by atoms with Gasteiger partial charge in [-0.2, -0.15) is 0 Å². The van der Waals surface area contributed by atoms with Crippen molar-refractivity contribution >= 4 is 5.57 Å². The number of hydrogen-bond acceptors (Lipinski definition) is 2. The van der Waals surface area contributed by atoms with Crippen LogP contribution in [0.3, 0.4) is 0 Å². The van der Waals surface area contributed by atoms with Gasteiger partial charge in [-0.1, -0.05) is 37.6 Å². The van der Waals surface area contributed by atoms with Gasteiger partial charge < -0.3 is 5.11 Å². The molecule has 1 N–H and O–H groups in total. The highest BCUT2D eigenvalue weighted by molar-refractivity contribution is 5.72. The molecule has 3 unspecified atom stereocenters. The summed E-state index contributed by atoms with van der Waals surface area (Å²) in [6.07, 6.45) is 15.3. The first-order valence-electron chi connectivity index (χ1n) is 10.9. The van der Waals surface area contributed by atoms with E-state index in [1.807, 2.05) is 18.5 Å². The molecular formula is C24H31NO. The van der Waals surface area contributed by atoms with E-state index in [-0.39, 0.29) is 22.8 Å². The van der Waals surface area contributed by atoms with Crippen molar-refractivity contribution in [3.63, 3.8) is 0 Å². The fourth-order valence-corrected chi connectivity index (χ4v) is 6.79. The largest absolute Gasteiger partial charge is 0.393 e. The van der Waals surface area contributed by atoms with E-state index in [1.54, 1.807) is 0 Å². The summed E-state index contributed by atoms with van der Waals surface area (Å²) in [6.45, 7) is 4.77. The number of rotatable bonds is 1. The van der Waals surface area contributed by atoms with E-state index in [0.29, 0.717) is 11.8 Å². The molecule has 2 saturated carbocycles. The van der Waals surface area contributed by atoms with Gasteiger partial charge in [-0.15, -0.1) is 0 Å². The van der Waals surface area contributed by atoms with Gasteiger partial charge in [-0.3, -0.25) is 4.98 Å². The molecule has 0 aromatic carbocycles. The Kier molecular flexibility index (Phi) is 3.48. The topological polar surface area (TPSA) is 33.1 Å². The smallest absolute Gasteiger partial charge is 0.0577 e. The van der Waals surface area contributed by atoms with Gasteiger partial charge in [0, 0.05) is 13.8 Å². The molecule has 6 atom stereocenters. The molecule has 1 aromatic heterocycles. The van der Waals surface area contributed by atoms with Crippen molar-refractivity contribution in [2.24, 2.45) is 28.6 Å². The maximum absolute atomic E-state index is 10.2. The van der Waals surface area contributed by atoms with Crippen molar-refractivity contribution in [3.05, 3.63) is 47.8 Å². The number of fused-ring (bicyclic) bond motifs is 5. The summed E-state index contributed by atoms with van der Waals surface area (Å²) in [5, 5.41) is 10.2. The Morgan fingerprint density at radius 2 is 2.00 bits per heavy atom. The Morgan fingerprint density at radius 3 is 2.81 bits per heavy atom. The lowest BCUT2D eigenvalue weighted by Gasteiger charge is -2.57. The van der Waals surface area contributed by atoms with Gasteiger partial charge in [-0.25, -0.2) is 0 Å². The first-order valence-corrected chi connectivity index (χ1v) is 10.4. The van der Waals surface area contributed by atoms with Gasteiger partial charge in [0.25, 0.3) is 0 Å². The molecular weight excluding hydrogens is 318 g/mol. The molecule has 2 fully saturated rings. The molecule has 0 saturated heterocycles. The molecule has 4 aliphatic rings. The molecule has 138 valence electrons. The number of hydrogen-bond donors (Lipinski definition) is 1. The highest BCUT2D eigenvalue weighted by Crippen LogP contribution is 2.66. The van der Waals surface area contributed by atoms with Gasteiger partial charge in [0.15, 0.2) is 0 Å². The van der Waals surface area contributed by atoms with Crippen LogP contribution in [0.25, 0.3) is 5.57 Å². The second-order valence-corrected chi connectivity index (χ2v) is 9.44. The molecule has 26 heavy (non-hydrogen) atoms. The van der Waals surface area contributed by atoms with E-state index in [4.69, 9.17) is 0 Å². The Morgan fingerprint density at radius 1 is 1.15 bits per heavy atom. The monoisotopic (exact) mass is 350 g/mol. The Bertz CT molecular complexity index is 817. The van der Waals surface area contributed by atoms with Crippen molar-refractivity contribution in [1.82, 2.24) is 4.98 Å². The molecule has 1 aromatic rings. The van der Waals surface area contributed by atoms with Crippen molar-refractivity contribution in [3.8, 4) is 0 Å². The Balaban J connectivity index is 1.52. The standard InChI is InChI=1S/C24H31NO/c1-23-11-9-18(26)14-17(23)5-6-19-21-8-7-20(16-4-3-13-25-15-16)24(21,2)12-10-22(19)23/h3-5,7,13,15,18-19,21-22,26H,6,8-12,14H2,1-2H3/t18-,19?,21?,22?,23-,24+/m0/s1/i22D. The lowest BCUT2D eigenvalue weighted by Crippen LogP contribution is -2.49. The van der Waals surface area contributed by atoms with Gasteiger partial charge in [0.05, 0.1) is 6.10 Å². The zero-order valence-corrected chi connectivity index (χ0v) is 16.0. The minimum Gasteiger partial charge on any atom is -0.393 e. The number of pyridine rings is 1. The van der Waals surface area contributed by atoms with Crippen LogP contribution in [-0.2, 0) is 0 Å². The van der Waals surface area contributed by atoms with Crippen LogP contribution in [0.5, 0.6) is 0 Å². The van der Waals surface area contributed by atoms with E-state index < -0.39 is 0 Å². The zero-order valence-electron chi connectivity index (χ0n) is 17.0. The third-order valence-electron chi connectivity index (χ3n) is 8.30. The average molecular weight is 351 g/mol. The third-order valence-corrected chi connectivity index (χ3v) is 8.30. The molecule has 1 heterocycles. The number of aliphatic hydroxyl groups is 1. The van der Waals surface area contributed by atoms with Crippen LogP contribution in [0.15, 0.2) is 42.3 Å². The van der Waals surface area contributed by atoms with Crippen LogP contribution >= 0.6 is 0 Å². The van der Waals surface area contributed by atoms with Crippen molar-refractivity contribution in [1.29, 1.82) is 0 Å². The summed E-state index contributed by atoms with van der Waals surface area (Å²) in [6, 6.07) is 4.23. The fourth-order valence-electron chi connectivity index (χ4n) is 6.79. The molecule has 0 bridgehead atoms. The number of allylic oxidation sites excluding steroid dienone is 3. The van der Waals surface area contributed by atoms with Gasteiger partial charge in [0.2, 0.25) is 0 Å². The SMILES string of the molecule is [2H]C12CC[C@]3(C)C(c4cccnc4)=CCC3C1CC=C1C[C@@H](O)CC[C@@]12C. The molecule has 0 amide bonds. The number of aromatic nitrogens is 1. The summed E-state index contributed by atoms with van der Waals surface area (Å²) >= 11 is 0. The number of nitrogens with zero attached hydrogens (tertiary/aromatic N) is 1.